The maximum absolute atomic E-state index is 13.2. The first kappa shape index (κ1) is 25.9. The quantitative estimate of drug-likeness (QED) is 0.431. The minimum Gasteiger partial charge on any atom is -0.449 e. The molecule has 0 aromatic heterocycles. The average Bonchev–Trinajstić information content (AvgIpc) is 3.41. The summed E-state index contributed by atoms with van der Waals surface area (Å²) in [5, 5.41) is 10.3. The molecule has 0 bridgehead atoms. The number of aliphatic hydroxyl groups is 1. The van der Waals surface area contributed by atoms with E-state index in [-0.39, 0.29) is 35.4 Å². The first-order valence-corrected chi connectivity index (χ1v) is 15.3. The van der Waals surface area contributed by atoms with Gasteiger partial charge in [0, 0.05) is 13.0 Å². The Morgan fingerprint density at radius 1 is 1.27 bits per heavy atom. The van der Waals surface area contributed by atoms with Crippen LogP contribution in [0.15, 0.2) is 22.8 Å². The Morgan fingerprint density at radius 3 is 2.86 bits per heavy atom. The van der Waals surface area contributed by atoms with Crippen molar-refractivity contribution in [2.45, 2.75) is 123 Å². The average molecular weight is 512 g/mol. The number of ether oxygens (including phenoxy) is 2. The molecule has 4 aliphatic carbocycles. The predicted octanol–water partition coefficient (Wildman–Crippen LogP) is 6.65. The van der Waals surface area contributed by atoms with Crippen molar-refractivity contribution in [2.24, 2.45) is 35.0 Å². The van der Waals surface area contributed by atoms with E-state index in [0.29, 0.717) is 30.3 Å². The van der Waals surface area contributed by atoms with Crippen molar-refractivity contribution < 1.29 is 19.4 Å². The van der Waals surface area contributed by atoms with Gasteiger partial charge in [0.1, 0.15) is 0 Å². The highest BCUT2D eigenvalue weighted by Gasteiger charge is 2.59. The van der Waals surface area contributed by atoms with E-state index in [0.717, 1.165) is 57.4 Å². The normalized spacial score (nSPS) is 44.9. The summed E-state index contributed by atoms with van der Waals surface area (Å²) < 4.78 is 12.8. The lowest BCUT2D eigenvalue weighted by atomic mass is 9.56. The van der Waals surface area contributed by atoms with E-state index in [1.54, 1.807) is 5.57 Å². The van der Waals surface area contributed by atoms with Crippen molar-refractivity contribution in [1.82, 2.24) is 4.90 Å². The number of carbonyl (C=O) groups is 1. The molecule has 4 fully saturated rings. The summed E-state index contributed by atoms with van der Waals surface area (Å²) in [5.41, 5.74) is 4.74. The molecule has 2 saturated heterocycles. The molecule has 9 atom stereocenters. The highest BCUT2D eigenvalue weighted by molar-refractivity contribution is 5.68. The lowest BCUT2D eigenvalue weighted by Gasteiger charge is -2.49. The van der Waals surface area contributed by atoms with Crippen LogP contribution in [0.4, 0.5) is 4.79 Å². The summed E-state index contributed by atoms with van der Waals surface area (Å²) in [6.45, 7) is 12.7. The molecule has 0 aromatic rings. The van der Waals surface area contributed by atoms with Crippen molar-refractivity contribution in [3.8, 4) is 0 Å². The Balaban J connectivity index is 1.23. The van der Waals surface area contributed by atoms with E-state index in [4.69, 9.17) is 9.47 Å². The van der Waals surface area contributed by atoms with Crippen molar-refractivity contribution in [2.75, 3.05) is 13.2 Å². The van der Waals surface area contributed by atoms with Crippen LogP contribution in [0.1, 0.15) is 98.8 Å². The molecule has 37 heavy (non-hydrogen) atoms. The molecule has 6 aliphatic rings. The third-order valence-electron chi connectivity index (χ3n) is 11.6. The Morgan fingerprint density at radius 2 is 2.08 bits per heavy atom. The van der Waals surface area contributed by atoms with Gasteiger partial charge in [-0.3, -0.25) is 0 Å². The molecule has 0 aromatic carbocycles. The SMILES string of the molecule is CC1=C2CC3C(CC=C4CC(O)CCC43C)C2CCC12CC1C(CC(C)CN1C(=O)OCCC(C)C)O2. The van der Waals surface area contributed by atoms with Crippen LogP contribution >= 0.6 is 0 Å². The van der Waals surface area contributed by atoms with E-state index in [2.05, 4.69) is 40.7 Å². The standard InChI is InChI=1S/C32H49NO4/c1-19(2)10-13-36-30(35)33-18-20(3)14-29-28(33)17-32(37-29)12-9-24-25-7-6-22-15-23(34)8-11-31(22,5)27(25)16-26(24)21(32)4/h6,19-20,23-25,27-29,34H,7-18H2,1-5H3. The fraction of sp³-hybridized carbons (Fsp3) is 0.844. The summed E-state index contributed by atoms with van der Waals surface area (Å²) in [6.07, 6.45) is 12.8. The molecule has 1 amide bonds. The van der Waals surface area contributed by atoms with Gasteiger partial charge < -0.3 is 19.5 Å². The molecule has 2 heterocycles. The van der Waals surface area contributed by atoms with Crippen molar-refractivity contribution in [3.05, 3.63) is 22.8 Å². The number of allylic oxidation sites excluding steroid dienone is 2. The Bertz CT molecular complexity index is 985. The van der Waals surface area contributed by atoms with Gasteiger partial charge in [0.05, 0.1) is 30.5 Å². The molecular formula is C32H49NO4. The largest absolute Gasteiger partial charge is 0.449 e. The van der Waals surface area contributed by atoms with Crippen molar-refractivity contribution in [3.63, 3.8) is 0 Å². The Labute approximate surface area is 224 Å². The van der Waals surface area contributed by atoms with Crippen LogP contribution in [0.5, 0.6) is 0 Å². The Hall–Kier alpha value is -1.33. The van der Waals surface area contributed by atoms with E-state index in [1.165, 1.54) is 30.4 Å². The van der Waals surface area contributed by atoms with Crippen LogP contribution < -0.4 is 0 Å². The predicted molar refractivity (Wildman–Crippen MR) is 145 cm³/mol. The summed E-state index contributed by atoms with van der Waals surface area (Å²) in [4.78, 5) is 15.2. The van der Waals surface area contributed by atoms with Gasteiger partial charge in [-0.15, -0.1) is 0 Å². The topological polar surface area (TPSA) is 59.0 Å². The Kier molecular flexibility index (Phi) is 6.58. The second-order valence-corrected chi connectivity index (χ2v) is 14.3. The number of carbonyl (C=O) groups excluding carboxylic acids is 1. The number of aliphatic hydroxyl groups excluding tert-OH is 1. The van der Waals surface area contributed by atoms with Gasteiger partial charge in [-0.05, 0) is 105 Å². The van der Waals surface area contributed by atoms with E-state index >= 15 is 0 Å². The van der Waals surface area contributed by atoms with E-state index < -0.39 is 0 Å². The molecule has 1 spiro atoms. The van der Waals surface area contributed by atoms with Crippen LogP contribution in [0, 0.1) is 35.0 Å². The van der Waals surface area contributed by atoms with Crippen LogP contribution in [0.3, 0.4) is 0 Å². The van der Waals surface area contributed by atoms with Gasteiger partial charge in [0.15, 0.2) is 0 Å². The van der Waals surface area contributed by atoms with Gasteiger partial charge in [-0.25, -0.2) is 4.79 Å². The molecule has 2 saturated carbocycles. The minimum absolute atomic E-state index is 0.114. The first-order valence-electron chi connectivity index (χ1n) is 15.3. The number of hydrogen-bond acceptors (Lipinski definition) is 4. The van der Waals surface area contributed by atoms with Crippen LogP contribution in [0.2, 0.25) is 0 Å². The fourth-order valence-corrected chi connectivity index (χ4v) is 9.45. The van der Waals surface area contributed by atoms with Crippen LogP contribution in [-0.4, -0.2) is 53.1 Å². The van der Waals surface area contributed by atoms with Gasteiger partial charge >= 0.3 is 6.09 Å². The maximum Gasteiger partial charge on any atom is 0.410 e. The lowest BCUT2D eigenvalue weighted by molar-refractivity contribution is -0.0595. The summed E-state index contributed by atoms with van der Waals surface area (Å²) >= 11 is 0. The highest BCUT2D eigenvalue weighted by atomic mass is 16.6. The molecule has 1 N–H and O–H groups in total. The van der Waals surface area contributed by atoms with Crippen molar-refractivity contribution >= 4 is 6.09 Å². The minimum atomic E-state index is -0.213. The van der Waals surface area contributed by atoms with Gasteiger partial charge in [-0.2, -0.15) is 0 Å². The molecule has 206 valence electrons. The number of amides is 1. The fourth-order valence-electron chi connectivity index (χ4n) is 9.45. The molecule has 6 rings (SSSR count). The van der Waals surface area contributed by atoms with Crippen LogP contribution in [-0.2, 0) is 9.47 Å². The third-order valence-corrected chi connectivity index (χ3v) is 11.6. The molecule has 5 heteroatoms. The lowest BCUT2D eigenvalue weighted by Crippen LogP contribution is -2.51. The van der Waals surface area contributed by atoms with Crippen molar-refractivity contribution in [1.29, 1.82) is 0 Å². The van der Waals surface area contributed by atoms with Gasteiger partial charge in [0.25, 0.3) is 0 Å². The second kappa shape index (κ2) is 9.40. The first-order chi connectivity index (χ1) is 17.6. The van der Waals surface area contributed by atoms with Crippen LogP contribution in [0.25, 0.3) is 0 Å². The van der Waals surface area contributed by atoms with E-state index in [1.807, 2.05) is 4.90 Å². The summed E-state index contributed by atoms with van der Waals surface area (Å²) in [7, 11) is 0. The van der Waals surface area contributed by atoms with Gasteiger partial charge in [-0.1, -0.05) is 44.9 Å². The molecule has 0 radical (unpaired) electrons. The monoisotopic (exact) mass is 511 g/mol. The molecular weight excluding hydrogens is 462 g/mol. The summed E-state index contributed by atoms with van der Waals surface area (Å²) in [6, 6.07) is 0.129. The second-order valence-electron chi connectivity index (χ2n) is 14.3. The maximum atomic E-state index is 13.2. The molecule has 2 aliphatic heterocycles. The number of likely N-dealkylation sites (tertiary alicyclic amines) is 1. The number of nitrogens with zero attached hydrogens (tertiary/aromatic N) is 1. The number of fused-ring (bicyclic) bond motifs is 6. The number of hydrogen-bond donors (Lipinski definition) is 1. The smallest absolute Gasteiger partial charge is 0.410 e. The highest BCUT2D eigenvalue weighted by Crippen LogP contribution is 2.64. The zero-order chi connectivity index (χ0) is 26.1. The van der Waals surface area contributed by atoms with Gasteiger partial charge in [0.2, 0.25) is 0 Å². The van der Waals surface area contributed by atoms with E-state index in [9.17, 15) is 9.90 Å². The third kappa shape index (κ3) is 4.22. The number of rotatable bonds is 3. The zero-order valence-electron chi connectivity index (χ0n) is 23.8. The zero-order valence-corrected chi connectivity index (χ0v) is 23.8. The summed E-state index contributed by atoms with van der Waals surface area (Å²) in [5.74, 6) is 3.08. The molecule has 5 nitrogen and oxygen atoms in total. The number of piperidine rings is 1. The molecule has 9 unspecified atom stereocenters.